The van der Waals surface area contributed by atoms with E-state index in [0.29, 0.717) is 18.9 Å². The van der Waals surface area contributed by atoms with Crippen LogP contribution < -0.4 is 5.32 Å². The van der Waals surface area contributed by atoms with Crippen LogP contribution in [0.15, 0.2) is 0 Å². The fourth-order valence-electron chi connectivity index (χ4n) is 2.27. The van der Waals surface area contributed by atoms with Gasteiger partial charge in [0.1, 0.15) is 12.1 Å². The first-order valence-electron chi connectivity index (χ1n) is 6.62. The Labute approximate surface area is 104 Å². The van der Waals surface area contributed by atoms with Gasteiger partial charge in [-0.05, 0) is 18.8 Å². The second-order valence-corrected chi connectivity index (χ2v) is 5.16. The van der Waals surface area contributed by atoms with E-state index in [1.54, 1.807) is 4.90 Å². The Morgan fingerprint density at radius 2 is 1.94 bits per heavy atom. The Balaban J connectivity index is 2.86. The van der Waals surface area contributed by atoms with Crippen LogP contribution in [0.4, 0.5) is 0 Å². The third-order valence-electron chi connectivity index (χ3n) is 3.11. The van der Waals surface area contributed by atoms with E-state index in [9.17, 15) is 9.59 Å². The molecule has 0 bridgehead atoms. The molecule has 2 amide bonds. The molecular weight excluding hydrogens is 216 g/mol. The van der Waals surface area contributed by atoms with Crippen LogP contribution in [-0.4, -0.2) is 35.3 Å². The SMILES string of the molecule is CCCC1C(=O)NC(CC)C(=O)N1CC(C)C. The minimum Gasteiger partial charge on any atom is -0.343 e. The molecule has 1 aliphatic rings. The number of hydrogen-bond donors (Lipinski definition) is 1. The van der Waals surface area contributed by atoms with Crippen molar-refractivity contribution in [3.8, 4) is 0 Å². The van der Waals surface area contributed by atoms with Gasteiger partial charge in [-0.1, -0.05) is 34.1 Å². The van der Waals surface area contributed by atoms with E-state index in [0.717, 1.165) is 12.8 Å². The summed E-state index contributed by atoms with van der Waals surface area (Å²) >= 11 is 0. The molecule has 17 heavy (non-hydrogen) atoms. The third kappa shape index (κ3) is 3.20. The highest BCUT2D eigenvalue weighted by atomic mass is 16.2. The number of carbonyl (C=O) groups excluding carboxylic acids is 2. The molecule has 4 heteroatoms. The molecule has 1 saturated heterocycles. The number of hydrogen-bond acceptors (Lipinski definition) is 2. The lowest BCUT2D eigenvalue weighted by Crippen LogP contribution is -2.63. The molecule has 2 atom stereocenters. The molecule has 4 nitrogen and oxygen atoms in total. The summed E-state index contributed by atoms with van der Waals surface area (Å²) in [6, 6.07) is -0.591. The maximum atomic E-state index is 12.2. The molecule has 1 fully saturated rings. The molecule has 0 aliphatic carbocycles. The normalized spacial score (nSPS) is 25.4. The number of amides is 2. The van der Waals surface area contributed by atoms with Crippen molar-refractivity contribution in [1.29, 1.82) is 0 Å². The predicted molar refractivity (Wildman–Crippen MR) is 67.5 cm³/mol. The molecular formula is C13H24N2O2. The topological polar surface area (TPSA) is 49.4 Å². The lowest BCUT2D eigenvalue weighted by Gasteiger charge is -2.39. The Hall–Kier alpha value is -1.06. The van der Waals surface area contributed by atoms with Crippen LogP contribution >= 0.6 is 0 Å². The average Bonchev–Trinajstić information content (AvgIpc) is 2.27. The Morgan fingerprint density at radius 3 is 2.41 bits per heavy atom. The predicted octanol–water partition coefficient (Wildman–Crippen LogP) is 1.55. The molecule has 1 aliphatic heterocycles. The van der Waals surface area contributed by atoms with Gasteiger partial charge in [0.05, 0.1) is 0 Å². The van der Waals surface area contributed by atoms with Crippen LogP contribution in [0.5, 0.6) is 0 Å². The minimum atomic E-state index is -0.325. The van der Waals surface area contributed by atoms with Crippen LogP contribution in [0.25, 0.3) is 0 Å². The van der Waals surface area contributed by atoms with Gasteiger partial charge in [0, 0.05) is 6.54 Å². The molecule has 0 aromatic carbocycles. The van der Waals surface area contributed by atoms with E-state index >= 15 is 0 Å². The molecule has 98 valence electrons. The van der Waals surface area contributed by atoms with E-state index in [4.69, 9.17) is 0 Å². The van der Waals surface area contributed by atoms with Crippen molar-refractivity contribution >= 4 is 11.8 Å². The minimum absolute atomic E-state index is 0.0129. The maximum Gasteiger partial charge on any atom is 0.245 e. The van der Waals surface area contributed by atoms with Gasteiger partial charge in [0.25, 0.3) is 0 Å². The lowest BCUT2D eigenvalue weighted by atomic mass is 10.00. The molecule has 1 N–H and O–H groups in total. The van der Waals surface area contributed by atoms with Gasteiger partial charge in [0.2, 0.25) is 11.8 Å². The molecule has 0 aromatic heterocycles. The van der Waals surface area contributed by atoms with E-state index < -0.39 is 0 Å². The van der Waals surface area contributed by atoms with Crippen LogP contribution in [0, 0.1) is 5.92 Å². The molecule has 0 spiro atoms. The summed E-state index contributed by atoms with van der Waals surface area (Å²) < 4.78 is 0. The number of rotatable bonds is 5. The molecule has 1 rings (SSSR count). The number of piperazine rings is 1. The Bertz CT molecular complexity index is 289. The van der Waals surface area contributed by atoms with Gasteiger partial charge in [0.15, 0.2) is 0 Å². The van der Waals surface area contributed by atoms with E-state index in [-0.39, 0.29) is 23.9 Å². The fourth-order valence-corrected chi connectivity index (χ4v) is 2.27. The third-order valence-corrected chi connectivity index (χ3v) is 3.11. The fraction of sp³-hybridized carbons (Fsp3) is 0.846. The van der Waals surface area contributed by atoms with Crippen LogP contribution in [0.1, 0.15) is 47.0 Å². The van der Waals surface area contributed by atoms with Gasteiger partial charge >= 0.3 is 0 Å². The number of nitrogens with one attached hydrogen (secondary N) is 1. The first-order chi connectivity index (χ1) is 8.01. The molecule has 1 heterocycles. The van der Waals surface area contributed by atoms with Crippen LogP contribution in [0.3, 0.4) is 0 Å². The van der Waals surface area contributed by atoms with Crippen LogP contribution in [-0.2, 0) is 9.59 Å². The summed E-state index contributed by atoms with van der Waals surface area (Å²) in [6.45, 7) is 8.79. The van der Waals surface area contributed by atoms with Gasteiger partial charge in [-0.15, -0.1) is 0 Å². The van der Waals surface area contributed by atoms with Crippen LogP contribution in [0.2, 0.25) is 0 Å². The average molecular weight is 240 g/mol. The van der Waals surface area contributed by atoms with Crippen molar-refractivity contribution in [2.45, 2.75) is 59.0 Å². The largest absolute Gasteiger partial charge is 0.343 e. The summed E-state index contributed by atoms with van der Waals surface area (Å²) in [6.07, 6.45) is 2.33. The number of nitrogens with zero attached hydrogens (tertiary/aromatic N) is 1. The molecule has 0 aromatic rings. The Morgan fingerprint density at radius 1 is 1.29 bits per heavy atom. The van der Waals surface area contributed by atoms with Crippen molar-refractivity contribution < 1.29 is 9.59 Å². The second kappa shape index (κ2) is 6.03. The highest BCUT2D eigenvalue weighted by Crippen LogP contribution is 2.17. The van der Waals surface area contributed by atoms with Gasteiger partial charge < -0.3 is 10.2 Å². The monoisotopic (exact) mass is 240 g/mol. The molecule has 0 saturated carbocycles. The molecule has 0 radical (unpaired) electrons. The highest BCUT2D eigenvalue weighted by Gasteiger charge is 2.38. The second-order valence-electron chi connectivity index (χ2n) is 5.16. The maximum absolute atomic E-state index is 12.2. The van der Waals surface area contributed by atoms with Crippen molar-refractivity contribution in [2.75, 3.05) is 6.54 Å². The summed E-state index contributed by atoms with van der Waals surface area (Å²) in [5.74, 6) is 0.486. The van der Waals surface area contributed by atoms with Crippen molar-refractivity contribution in [1.82, 2.24) is 10.2 Å². The van der Waals surface area contributed by atoms with Gasteiger partial charge in [-0.2, -0.15) is 0 Å². The zero-order valence-electron chi connectivity index (χ0n) is 11.3. The van der Waals surface area contributed by atoms with Gasteiger partial charge in [-0.3, -0.25) is 9.59 Å². The van der Waals surface area contributed by atoms with Crippen molar-refractivity contribution in [3.63, 3.8) is 0 Å². The summed E-state index contributed by atoms with van der Waals surface area (Å²) in [7, 11) is 0. The van der Waals surface area contributed by atoms with E-state index in [2.05, 4.69) is 19.2 Å². The van der Waals surface area contributed by atoms with Crippen molar-refractivity contribution in [2.24, 2.45) is 5.92 Å². The summed E-state index contributed by atoms with van der Waals surface area (Å²) in [4.78, 5) is 26.0. The highest BCUT2D eigenvalue weighted by molar-refractivity contribution is 5.96. The standard InChI is InChI=1S/C13H24N2O2/c1-5-7-11-12(16)14-10(6-2)13(17)15(11)8-9(3)4/h9-11H,5-8H2,1-4H3,(H,14,16). The Kier molecular flexibility index (Phi) is 4.97. The van der Waals surface area contributed by atoms with Crippen molar-refractivity contribution in [3.05, 3.63) is 0 Å². The quantitative estimate of drug-likeness (QED) is 0.792. The lowest BCUT2D eigenvalue weighted by molar-refractivity contribution is -0.150. The summed E-state index contributed by atoms with van der Waals surface area (Å²) in [5.41, 5.74) is 0. The number of carbonyl (C=O) groups is 2. The van der Waals surface area contributed by atoms with E-state index in [1.165, 1.54) is 0 Å². The first-order valence-corrected chi connectivity index (χ1v) is 6.62. The summed E-state index contributed by atoms with van der Waals surface area (Å²) in [5, 5.41) is 2.82. The first kappa shape index (κ1) is 14.0. The smallest absolute Gasteiger partial charge is 0.245 e. The molecule has 2 unspecified atom stereocenters. The van der Waals surface area contributed by atoms with E-state index in [1.807, 2.05) is 13.8 Å². The zero-order valence-corrected chi connectivity index (χ0v) is 11.3. The zero-order chi connectivity index (χ0) is 13.0. The van der Waals surface area contributed by atoms with Gasteiger partial charge in [-0.25, -0.2) is 0 Å².